The zero-order valence-electron chi connectivity index (χ0n) is 29.4. The first-order chi connectivity index (χ1) is 24.4. The van der Waals surface area contributed by atoms with Crippen LogP contribution in [0.4, 0.5) is 5.69 Å². The van der Waals surface area contributed by atoms with Crippen molar-refractivity contribution in [3.05, 3.63) is 99.5 Å². The number of rotatable bonds is 14. The predicted molar refractivity (Wildman–Crippen MR) is 199 cm³/mol. The van der Waals surface area contributed by atoms with Gasteiger partial charge in [-0.2, -0.15) is 0 Å². The molecule has 270 valence electrons. The van der Waals surface area contributed by atoms with Crippen molar-refractivity contribution in [2.45, 2.75) is 96.8 Å². The second kappa shape index (κ2) is 16.9. The monoisotopic (exact) mass is 732 g/mol. The van der Waals surface area contributed by atoms with Gasteiger partial charge in [-0.05, 0) is 92.1 Å². The van der Waals surface area contributed by atoms with Crippen LogP contribution < -0.4 is 15.5 Å². The van der Waals surface area contributed by atoms with E-state index >= 15 is 0 Å². The van der Waals surface area contributed by atoms with Crippen LogP contribution in [0.2, 0.25) is 10.0 Å². The minimum atomic E-state index is -0.753. The van der Waals surface area contributed by atoms with E-state index in [4.69, 9.17) is 23.2 Å². The zero-order chi connectivity index (χ0) is 36.7. The first-order valence-electron chi connectivity index (χ1n) is 17.7. The molecule has 2 aliphatic rings. The maximum atomic E-state index is 14.5. The molecule has 9 nitrogen and oxygen atoms in total. The highest BCUT2D eigenvalue weighted by atomic mass is 35.5. The molecule has 3 unspecified atom stereocenters. The SMILES string of the molecule is CCCC(=O)N1C(Cc2ccc(Cl)cc2)C(=O)N(c2ccc(CC(NC(=O)C3(CCNC(C)=O)CCCC3)C(C)=O)cc2)C1c1ccc(Cl)cc1. The minimum Gasteiger partial charge on any atom is -0.356 e. The molecule has 1 heterocycles. The Labute approximate surface area is 310 Å². The molecule has 4 amide bonds. The third-order valence-electron chi connectivity index (χ3n) is 10.1. The molecule has 3 aromatic carbocycles. The summed E-state index contributed by atoms with van der Waals surface area (Å²) in [5.41, 5.74) is 2.42. The second-order valence-electron chi connectivity index (χ2n) is 13.8. The van der Waals surface area contributed by atoms with Gasteiger partial charge in [0.2, 0.25) is 17.7 Å². The predicted octanol–water partition coefficient (Wildman–Crippen LogP) is 6.98. The Balaban J connectivity index is 1.42. The van der Waals surface area contributed by atoms with E-state index in [2.05, 4.69) is 10.6 Å². The fraction of sp³-hybridized carbons (Fsp3) is 0.425. The normalized spacial score (nSPS) is 18.8. The molecule has 0 radical (unpaired) electrons. The summed E-state index contributed by atoms with van der Waals surface area (Å²) in [5, 5.41) is 6.96. The molecule has 3 atom stereocenters. The number of hydrogen-bond donors (Lipinski definition) is 2. The third-order valence-corrected chi connectivity index (χ3v) is 10.6. The molecule has 1 saturated carbocycles. The molecule has 51 heavy (non-hydrogen) atoms. The summed E-state index contributed by atoms with van der Waals surface area (Å²) in [6.07, 6.45) is 4.60. The highest BCUT2D eigenvalue weighted by molar-refractivity contribution is 6.30. The van der Waals surface area contributed by atoms with Crippen molar-refractivity contribution >= 4 is 58.3 Å². The average molecular weight is 734 g/mol. The number of Topliss-reactive ketones (excluding diaryl/α,β-unsaturated/α-hetero) is 1. The van der Waals surface area contributed by atoms with Crippen molar-refractivity contribution in [3.8, 4) is 0 Å². The number of carbonyl (C=O) groups is 5. The van der Waals surface area contributed by atoms with E-state index in [0.717, 1.165) is 29.5 Å². The molecule has 2 fully saturated rings. The smallest absolute Gasteiger partial charge is 0.252 e. The Bertz CT molecular complexity index is 1720. The van der Waals surface area contributed by atoms with Gasteiger partial charge in [-0.25, -0.2) is 0 Å². The van der Waals surface area contributed by atoms with Crippen LogP contribution in [0.3, 0.4) is 0 Å². The van der Waals surface area contributed by atoms with Gasteiger partial charge in [0.25, 0.3) is 5.91 Å². The first-order valence-corrected chi connectivity index (χ1v) is 18.5. The lowest BCUT2D eigenvalue weighted by Crippen LogP contribution is -2.49. The van der Waals surface area contributed by atoms with E-state index in [1.807, 2.05) is 55.5 Å². The van der Waals surface area contributed by atoms with Crippen LogP contribution in [-0.2, 0) is 36.8 Å². The molecule has 0 spiro atoms. The molecule has 5 rings (SSSR count). The molecular formula is C40H46Cl2N4O5. The first kappa shape index (κ1) is 38.0. The van der Waals surface area contributed by atoms with Crippen LogP contribution in [0, 0.1) is 5.41 Å². The van der Waals surface area contributed by atoms with Gasteiger partial charge in [-0.3, -0.25) is 28.9 Å². The third kappa shape index (κ3) is 9.00. The fourth-order valence-corrected chi connectivity index (χ4v) is 7.60. The lowest BCUT2D eigenvalue weighted by atomic mass is 9.81. The van der Waals surface area contributed by atoms with Crippen LogP contribution >= 0.6 is 23.2 Å². The summed E-state index contributed by atoms with van der Waals surface area (Å²) in [6.45, 7) is 5.27. The van der Waals surface area contributed by atoms with Crippen LogP contribution in [0.25, 0.3) is 0 Å². The summed E-state index contributed by atoms with van der Waals surface area (Å²) in [5.74, 6) is -0.784. The maximum Gasteiger partial charge on any atom is 0.252 e. The van der Waals surface area contributed by atoms with E-state index < -0.39 is 23.7 Å². The lowest BCUT2D eigenvalue weighted by Gasteiger charge is -2.32. The molecule has 1 aliphatic carbocycles. The van der Waals surface area contributed by atoms with Gasteiger partial charge in [0.1, 0.15) is 12.2 Å². The Kier molecular flexibility index (Phi) is 12.6. The molecular weight excluding hydrogens is 687 g/mol. The van der Waals surface area contributed by atoms with E-state index in [1.165, 1.54) is 13.8 Å². The van der Waals surface area contributed by atoms with Crippen LogP contribution in [-0.4, -0.2) is 52.9 Å². The quantitative estimate of drug-likeness (QED) is 0.186. The number of halogens is 2. The lowest BCUT2D eigenvalue weighted by molar-refractivity contribution is -0.136. The van der Waals surface area contributed by atoms with Gasteiger partial charge in [0.15, 0.2) is 5.78 Å². The number of benzene rings is 3. The van der Waals surface area contributed by atoms with Crippen LogP contribution in [0.5, 0.6) is 0 Å². The van der Waals surface area contributed by atoms with Gasteiger partial charge in [-0.15, -0.1) is 0 Å². The summed E-state index contributed by atoms with van der Waals surface area (Å²) < 4.78 is 0. The Morgan fingerprint density at radius 3 is 2.02 bits per heavy atom. The second-order valence-corrected chi connectivity index (χ2v) is 14.6. The highest BCUT2D eigenvalue weighted by Crippen LogP contribution is 2.42. The van der Waals surface area contributed by atoms with E-state index in [0.29, 0.717) is 54.4 Å². The van der Waals surface area contributed by atoms with Crippen molar-refractivity contribution in [1.29, 1.82) is 0 Å². The molecule has 1 aliphatic heterocycles. The number of carbonyl (C=O) groups excluding carboxylic acids is 5. The van der Waals surface area contributed by atoms with Gasteiger partial charge in [0.05, 0.1) is 11.5 Å². The van der Waals surface area contributed by atoms with E-state index in [9.17, 15) is 24.0 Å². The highest BCUT2D eigenvalue weighted by Gasteiger charge is 2.49. The van der Waals surface area contributed by atoms with Crippen LogP contribution in [0.1, 0.15) is 88.6 Å². The average Bonchev–Trinajstić information content (AvgIpc) is 3.69. The largest absolute Gasteiger partial charge is 0.356 e. The molecule has 11 heteroatoms. The van der Waals surface area contributed by atoms with Crippen molar-refractivity contribution in [2.75, 3.05) is 11.4 Å². The molecule has 0 aromatic heterocycles. The maximum absolute atomic E-state index is 14.5. The Morgan fingerprint density at radius 2 is 1.45 bits per heavy atom. The fourth-order valence-electron chi connectivity index (χ4n) is 7.35. The van der Waals surface area contributed by atoms with Crippen molar-refractivity contribution in [3.63, 3.8) is 0 Å². The molecule has 0 bridgehead atoms. The van der Waals surface area contributed by atoms with Gasteiger partial charge in [0, 0.05) is 42.0 Å². The standard InChI is InChI=1S/C40H46Cl2N4O5/c1-4-7-36(49)46-35(25-29-8-14-31(41)15-9-29)38(50)45(37(46)30-12-16-32(42)17-13-30)33-18-10-28(11-19-33)24-34(26(2)47)44-39(51)40(20-5-6-21-40)22-23-43-27(3)48/h8-19,34-35,37H,4-7,20-25H2,1-3H3,(H,43,48)(H,44,51). The summed E-state index contributed by atoms with van der Waals surface area (Å²) in [6, 6.07) is 20.4. The molecule has 1 saturated heterocycles. The summed E-state index contributed by atoms with van der Waals surface area (Å²) >= 11 is 12.4. The summed E-state index contributed by atoms with van der Waals surface area (Å²) in [4.78, 5) is 69.6. The van der Waals surface area contributed by atoms with Crippen molar-refractivity contribution in [2.24, 2.45) is 5.41 Å². The molecule has 2 N–H and O–H groups in total. The van der Waals surface area contributed by atoms with Crippen LogP contribution in [0.15, 0.2) is 72.8 Å². The van der Waals surface area contributed by atoms with Gasteiger partial charge in [-0.1, -0.05) is 79.4 Å². The van der Waals surface area contributed by atoms with Gasteiger partial charge >= 0.3 is 0 Å². The topological polar surface area (TPSA) is 116 Å². The summed E-state index contributed by atoms with van der Waals surface area (Å²) in [7, 11) is 0. The minimum absolute atomic E-state index is 0.124. The van der Waals surface area contributed by atoms with Gasteiger partial charge < -0.3 is 15.5 Å². The Hall–Kier alpha value is -4.21. The number of ketones is 1. The van der Waals surface area contributed by atoms with Crippen molar-refractivity contribution in [1.82, 2.24) is 15.5 Å². The number of amides is 4. The zero-order valence-corrected chi connectivity index (χ0v) is 30.9. The number of nitrogens with one attached hydrogen (secondary N) is 2. The number of anilines is 1. The van der Waals surface area contributed by atoms with Crippen molar-refractivity contribution < 1.29 is 24.0 Å². The number of nitrogens with zero attached hydrogens (tertiary/aromatic N) is 2. The van der Waals surface area contributed by atoms with E-state index in [1.54, 1.807) is 34.1 Å². The van der Waals surface area contributed by atoms with E-state index in [-0.39, 0.29) is 42.3 Å². The number of hydrogen-bond acceptors (Lipinski definition) is 5. The molecule has 3 aromatic rings. The Morgan fingerprint density at radius 1 is 0.863 bits per heavy atom.